The minimum Gasteiger partial charge on any atom is -0.485 e. The average molecular weight is 559 g/mol. The summed E-state index contributed by atoms with van der Waals surface area (Å²) in [6.07, 6.45) is 8.62. The Labute approximate surface area is 241 Å². The smallest absolute Gasteiger partial charge is 0.306 e. The molecule has 3 heterocycles. The first-order valence-corrected chi connectivity index (χ1v) is 15.0. The Bertz CT molecular complexity index is 1420. The van der Waals surface area contributed by atoms with E-state index in [4.69, 9.17) is 9.47 Å². The summed E-state index contributed by atoms with van der Waals surface area (Å²) >= 11 is 0. The van der Waals surface area contributed by atoms with Crippen LogP contribution >= 0.6 is 0 Å². The van der Waals surface area contributed by atoms with Gasteiger partial charge in [-0.25, -0.2) is 9.37 Å². The number of rotatable bonds is 9. The van der Waals surface area contributed by atoms with Crippen molar-refractivity contribution < 1.29 is 23.8 Å². The Morgan fingerprint density at radius 1 is 1.10 bits per heavy atom. The van der Waals surface area contributed by atoms with Crippen molar-refractivity contribution in [3.05, 3.63) is 76.7 Å². The topological polar surface area (TPSA) is 71.9 Å². The maximum absolute atomic E-state index is 15.0. The number of hydrogen-bond acceptors (Lipinski definition) is 5. The van der Waals surface area contributed by atoms with Crippen molar-refractivity contribution in [1.29, 1.82) is 0 Å². The summed E-state index contributed by atoms with van der Waals surface area (Å²) in [4.78, 5) is 18.4. The molecule has 0 radical (unpaired) electrons. The molecule has 2 fully saturated rings. The molecular weight excluding hydrogens is 519 g/mol. The molecular formula is C34H39FN2O4. The van der Waals surface area contributed by atoms with E-state index in [9.17, 15) is 9.90 Å². The fraction of sp³-hybridized carbons (Fsp3) is 0.471. The van der Waals surface area contributed by atoms with Crippen LogP contribution in [0.4, 0.5) is 4.39 Å². The zero-order chi connectivity index (χ0) is 28.5. The quantitative estimate of drug-likeness (QED) is 0.300. The highest BCUT2D eigenvalue weighted by molar-refractivity contribution is 5.71. The predicted molar refractivity (Wildman–Crippen MR) is 156 cm³/mol. The molecule has 7 heteroatoms. The molecule has 2 aliphatic heterocycles. The number of ether oxygens (including phenoxy) is 2. The summed E-state index contributed by atoms with van der Waals surface area (Å²) in [6.45, 7) is 4.65. The zero-order valence-electron chi connectivity index (χ0n) is 23.9. The third kappa shape index (κ3) is 5.96. The monoisotopic (exact) mass is 558 g/mol. The number of fused-ring (bicyclic) bond motifs is 1. The SMILES string of the molecule is COc1cc(-c2ccc(C3CCc4ccc(C(C5CC5)[C@H](C)C(=O)O)cc4O3)cc2CN2CCCCC2)c(F)cn1. The lowest BCUT2D eigenvalue weighted by molar-refractivity contribution is -0.142. The van der Waals surface area contributed by atoms with E-state index in [0.717, 1.165) is 73.3 Å². The van der Waals surface area contributed by atoms with Gasteiger partial charge in [0.1, 0.15) is 17.7 Å². The minimum atomic E-state index is -0.747. The molecule has 1 aromatic heterocycles. The second-order valence-electron chi connectivity index (χ2n) is 12.0. The third-order valence-electron chi connectivity index (χ3n) is 9.15. The van der Waals surface area contributed by atoms with Gasteiger partial charge in [-0.2, -0.15) is 0 Å². The number of methoxy groups -OCH3 is 1. The highest BCUT2D eigenvalue weighted by Crippen LogP contribution is 2.48. The fourth-order valence-electron chi connectivity index (χ4n) is 6.71. The van der Waals surface area contributed by atoms with Gasteiger partial charge in [0.2, 0.25) is 5.88 Å². The first-order valence-electron chi connectivity index (χ1n) is 15.0. The lowest BCUT2D eigenvalue weighted by Gasteiger charge is -2.30. The number of aliphatic carboxylic acids is 1. The van der Waals surface area contributed by atoms with E-state index in [1.165, 1.54) is 31.0 Å². The van der Waals surface area contributed by atoms with Gasteiger partial charge in [-0.1, -0.05) is 43.7 Å². The van der Waals surface area contributed by atoms with Crippen molar-refractivity contribution in [2.45, 2.75) is 70.4 Å². The van der Waals surface area contributed by atoms with Crippen molar-refractivity contribution in [2.75, 3.05) is 20.2 Å². The molecule has 1 N–H and O–H groups in total. The van der Waals surface area contributed by atoms with Crippen LogP contribution in [0.25, 0.3) is 11.1 Å². The number of benzene rings is 2. The molecule has 6 rings (SSSR count). The highest BCUT2D eigenvalue weighted by atomic mass is 19.1. The van der Waals surface area contributed by atoms with Gasteiger partial charge in [-0.3, -0.25) is 9.69 Å². The first kappa shape index (κ1) is 27.7. The molecule has 0 amide bonds. The largest absolute Gasteiger partial charge is 0.485 e. The molecule has 3 aromatic rings. The second-order valence-corrected chi connectivity index (χ2v) is 12.0. The fourth-order valence-corrected chi connectivity index (χ4v) is 6.71. The van der Waals surface area contributed by atoms with Gasteiger partial charge in [0.15, 0.2) is 0 Å². The van der Waals surface area contributed by atoms with Gasteiger partial charge < -0.3 is 14.6 Å². The van der Waals surface area contributed by atoms with Crippen LogP contribution in [0.15, 0.2) is 48.7 Å². The minimum absolute atomic E-state index is 0.00413. The van der Waals surface area contributed by atoms with E-state index in [-0.39, 0.29) is 17.8 Å². The number of halogens is 1. The van der Waals surface area contributed by atoms with Gasteiger partial charge in [-0.15, -0.1) is 0 Å². The van der Waals surface area contributed by atoms with Crippen molar-refractivity contribution in [1.82, 2.24) is 9.88 Å². The number of pyridine rings is 1. The summed E-state index contributed by atoms with van der Waals surface area (Å²) in [5.74, 6) is 0.127. The molecule has 216 valence electrons. The Morgan fingerprint density at radius 2 is 1.90 bits per heavy atom. The highest BCUT2D eigenvalue weighted by Gasteiger charge is 2.39. The molecule has 2 unspecified atom stereocenters. The average Bonchev–Trinajstić information content (AvgIpc) is 3.83. The number of carboxylic acid groups (broad SMARTS) is 1. The number of nitrogens with zero attached hydrogens (tertiary/aromatic N) is 2. The first-order chi connectivity index (χ1) is 19.9. The van der Waals surface area contributed by atoms with E-state index in [1.54, 1.807) is 13.2 Å². The molecule has 6 nitrogen and oxygen atoms in total. The number of carbonyl (C=O) groups is 1. The summed E-state index contributed by atoms with van der Waals surface area (Å²) in [5.41, 5.74) is 5.72. The third-order valence-corrected chi connectivity index (χ3v) is 9.15. The van der Waals surface area contributed by atoms with Gasteiger partial charge >= 0.3 is 5.97 Å². The summed E-state index contributed by atoms with van der Waals surface area (Å²) in [5, 5.41) is 9.75. The van der Waals surface area contributed by atoms with E-state index < -0.39 is 11.9 Å². The number of carboxylic acids is 1. The van der Waals surface area contributed by atoms with Crippen molar-refractivity contribution >= 4 is 5.97 Å². The van der Waals surface area contributed by atoms with Crippen LogP contribution in [0.3, 0.4) is 0 Å². The number of aromatic nitrogens is 1. The summed E-state index contributed by atoms with van der Waals surface area (Å²) in [6, 6.07) is 14.2. The van der Waals surface area contributed by atoms with Gasteiger partial charge in [-0.05, 0) is 97.3 Å². The van der Waals surface area contributed by atoms with E-state index in [1.807, 2.05) is 13.0 Å². The lowest BCUT2D eigenvalue weighted by atomic mass is 9.82. The standard InChI is InChI=1S/C34H39FN2O4/c1-21(34(38)39)33(23-7-8-23)25-9-6-22-11-13-30(41-31(22)17-25)24-10-12-27(28-18-32(40-2)36-19-29(28)35)26(16-24)20-37-14-4-3-5-15-37/h6,9-10,12,16-19,21,23,30,33H,3-5,7-8,11,13-15,20H2,1-2H3,(H,38,39)/t21-,30?,33?/m0/s1. The van der Waals surface area contributed by atoms with Crippen LogP contribution in [-0.4, -0.2) is 41.2 Å². The zero-order valence-corrected chi connectivity index (χ0v) is 23.9. The van der Waals surface area contributed by atoms with E-state index in [0.29, 0.717) is 17.4 Å². The Morgan fingerprint density at radius 3 is 2.63 bits per heavy atom. The van der Waals surface area contributed by atoms with Crippen LogP contribution in [0.2, 0.25) is 0 Å². The van der Waals surface area contributed by atoms with Gasteiger partial charge in [0.25, 0.3) is 0 Å². The molecule has 2 aromatic carbocycles. The second kappa shape index (κ2) is 11.8. The Balaban J connectivity index is 1.31. The molecule has 1 aliphatic carbocycles. The maximum atomic E-state index is 15.0. The predicted octanol–water partition coefficient (Wildman–Crippen LogP) is 7.16. The van der Waals surface area contributed by atoms with Crippen LogP contribution in [0.5, 0.6) is 11.6 Å². The molecule has 3 atom stereocenters. The summed E-state index contributed by atoms with van der Waals surface area (Å²) < 4.78 is 27.0. The molecule has 0 spiro atoms. The van der Waals surface area contributed by atoms with Crippen LogP contribution in [0, 0.1) is 17.7 Å². The van der Waals surface area contributed by atoms with Crippen molar-refractivity contribution in [3.8, 4) is 22.8 Å². The van der Waals surface area contributed by atoms with Crippen LogP contribution in [0.1, 0.15) is 79.7 Å². The molecule has 41 heavy (non-hydrogen) atoms. The molecule has 0 bridgehead atoms. The van der Waals surface area contributed by atoms with E-state index >= 15 is 4.39 Å². The Hall–Kier alpha value is -3.45. The van der Waals surface area contributed by atoms with Gasteiger partial charge in [0.05, 0.1) is 19.2 Å². The Kier molecular flexibility index (Phi) is 7.98. The summed E-state index contributed by atoms with van der Waals surface area (Å²) in [7, 11) is 1.54. The van der Waals surface area contributed by atoms with E-state index in [2.05, 4.69) is 40.2 Å². The van der Waals surface area contributed by atoms with Crippen LogP contribution < -0.4 is 9.47 Å². The molecule has 1 saturated heterocycles. The number of piperidine rings is 1. The number of likely N-dealkylation sites (tertiary alicyclic amines) is 1. The molecule has 3 aliphatic rings. The maximum Gasteiger partial charge on any atom is 0.306 e. The molecule has 1 saturated carbocycles. The number of hydrogen-bond donors (Lipinski definition) is 1. The lowest BCUT2D eigenvalue weighted by Crippen LogP contribution is -2.29. The van der Waals surface area contributed by atoms with Crippen molar-refractivity contribution in [3.63, 3.8) is 0 Å². The normalized spacial score (nSPS) is 20.5. The van der Waals surface area contributed by atoms with Crippen LogP contribution in [-0.2, 0) is 17.8 Å². The number of aryl methyl sites for hydroxylation is 1. The van der Waals surface area contributed by atoms with Gasteiger partial charge in [0, 0.05) is 18.2 Å². The van der Waals surface area contributed by atoms with Crippen molar-refractivity contribution in [2.24, 2.45) is 11.8 Å².